The number of carbonyl (C=O) groups is 1. The van der Waals surface area contributed by atoms with Gasteiger partial charge in [-0.3, -0.25) is 0 Å². The molecular weight excluding hydrogens is 216 g/mol. The van der Waals surface area contributed by atoms with Crippen molar-refractivity contribution in [3.8, 4) is 0 Å². The van der Waals surface area contributed by atoms with Crippen molar-refractivity contribution in [3.05, 3.63) is 23.8 Å². The van der Waals surface area contributed by atoms with Gasteiger partial charge in [0.1, 0.15) is 0 Å². The van der Waals surface area contributed by atoms with Crippen molar-refractivity contribution in [1.82, 2.24) is 0 Å². The molecule has 1 fully saturated rings. The van der Waals surface area contributed by atoms with E-state index in [9.17, 15) is 4.79 Å². The van der Waals surface area contributed by atoms with Crippen LogP contribution >= 0.6 is 0 Å². The Labute approximate surface area is 101 Å². The number of ether oxygens (including phenoxy) is 1. The van der Waals surface area contributed by atoms with Crippen LogP contribution in [0.15, 0.2) is 18.2 Å². The number of hydrogen-bond donors (Lipinski definition) is 2. The number of esters is 1. The Bertz CT molecular complexity index is 431. The van der Waals surface area contributed by atoms with E-state index in [0.29, 0.717) is 28.9 Å². The van der Waals surface area contributed by atoms with Gasteiger partial charge < -0.3 is 15.8 Å². The molecule has 1 aromatic rings. The van der Waals surface area contributed by atoms with Crippen molar-refractivity contribution in [1.29, 1.82) is 0 Å². The van der Waals surface area contributed by atoms with Gasteiger partial charge in [0.25, 0.3) is 0 Å². The molecule has 0 aliphatic heterocycles. The Morgan fingerprint density at radius 3 is 2.94 bits per heavy atom. The first kappa shape index (κ1) is 11.8. The Morgan fingerprint density at radius 2 is 2.35 bits per heavy atom. The third kappa shape index (κ3) is 2.35. The van der Waals surface area contributed by atoms with Crippen molar-refractivity contribution in [3.63, 3.8) is 0 Å². The average molecular weight is 234 g/mol. The minimum atomic E-state index is -0.353. The molecule has 0 heterocycles. The van der Waals surface area contributed by atoms with Crippen LogP contribution in [-0.4, -0.2) is 19.1 Å². The van der Waals surface area contributed by atoms with E-state index in [1.807, 2.05) is 0 Å². The summed E-state index contributed by atoms with van der Waals surface area (Å²) in [6.07, 6.45) is 2.30. The van der Waals surface area contributed by atoms with Crippen LogP contribution in [0.25, 0.3) is 0 Å². The minimum absolute atomic E-state index is 0.353. The molecule has 2 rings (SSSR count). The molecule has 0 amide bonds. The van der Waals surface area contributed by atoms with Crippen LogP contribution in [0.4, 0.5) is 11.4 Å². The van der Waals surface area contributed by atoms with Crippen LogP contribution in [0, 0.1) is 5.92 Å². The Hall–Kier alpha value is -1.71. The zero-order chi connectivity index (χ0) is 12.4. The van der Waals surface area contributed by atoms with Crippen LogP contribution in [-0.2, 0) is 4.74 Å². The molecular formula is C13H18N2O2. The normalized spacial score (nSPS) is 22.0. The van der Waals surface area contributed by atoms with Gasteiger partial charge in [-0.2, -0.15) is 0 Å². The molecule has 2 atom stereocenters. The SMILES string of the molecule is CCC1CC1Nc1c(N)cccc1C(=O)OC. The first-order valence-corrected chi connectivity index (χ1v) is 5.90. The summed E-state index contributed by atoms with van der Waals surface area (Å²) in [5, 5.41) is 3.34. The summed E-state index contributed by atoms with van der Waals surface area (Å²) in [6, 6.07) is 5.72. The largest absolute Gasteiger partial charge is 0.465 e. The highest BCUT2D eigenvalue weighted by atomic mass is 16.5. The zero-order valence-corrected chi connectivity index (χ0v) is 10.2. The number of para-hydroxylation sites is 1. The second kappa shape index (κ2) is 4.65. The lowest BCUT2D eigenvalue weighted by Crippen LogP contribution is -2.13. The summed E-state index contributed by atoms with van der Waals surface area (Å²) < 4.78 is 4.75. The first-order chi connectivity index (χ1) is 8.17. The number of nitrogens with two attached hydrogens (primary N) is 1. The number of nitrogens with one attached hydrogen (secondary N) is 1. The Kier molecular flexibility index (Phi) is 3.22. The van der Waals surface area contributed by atoms with Gasteiger partial charge in [-0.25, -0.2) is 4.79 Å². The van der Waals surface area contributed by atoms with Gasteiger partial charge in [-0.1, -0.05) is 19.4 Å². The molecule has 4 heteroatoms. The van der Waals surface area contributed by atoms with Crippen molar-refractivity contribution >= 4 is 17.3 Å². The van der Waals surface area contributed by atoms with Crippen LogP contribution in [0.1, 0.15) is 30.1 Å². The van der Waals surface area contributed by atoms with E-state index >= 15 is 0 Å². The van der Waals surface area contributed by atoms with Gasteiger partial charge in [0.15, 0.2) is 0 Å². The summed E-state index contributed by atoms with van der Waals surface area (Å²) in [5.41, 5.74) is 7.72. The average Bonchev–Trinajstić information content (AvgIpc) is 3.09. The number of methoxy groups -OCH3 is 1. The maximum Gasteiger partial charge on any atom is 0.340 e. The van der Waals surface area contributed by atoms with Crippen molar-refractivity contribution in [2.45, 2.75) is 25.8 Å². The molecule has 4 nitrogen and oxygen atoms in total. The fourth-order valence-corrected chi connectivity index (χ4v) is 2.07. The minimum Gasteiger partial charge on any atom is -0.465 e. The third-order valence-corrected chi connectivity index (χ3v) is 3.28. The lowest BCUT2D eigenvalue weighted by Gasteiger charge is -2.13. The Balaban J connectivity index is 2.22. The number of nitrogen functional groups attached to an aromatic ring is 1. The molecule has 1 aliphatic rings. The fraction of sp³-hybridized carbons (Fsp3) is 0.462. The molecule has 1 aromatic carbocycles. The molecule has 1 aliphatic carbocycles. The van der Waals surface area contributed by atoms with E-state index in [-0.39, 0.29) is 5.97 Å². The quantitative estimate of drug-likeness (QED) is 0.619. The van der Waals surface area contributed by atoms with Gasteiger partial charge in [0, 0.05) is 6.04 Å². The van der Waals surface area contributed by atoms with Crippen LogP contribution in [0.3, 0.4) is 0 Å². The fourth-order valence-electron chi connectivity index (χ4n) is 2.07. The predicted molar refractivity (Wildman–Crippen MR) is 68.0 cm³/mol. The van der Waals surface area contributed by atoms with Gasteiger partial charge in [-0.15, -0.1) is 0 Å². The van der Waals surface area contributed by atoms with E-state index in [0.717, 1.165) is 12.8 Å². The van der Waals surface area contributed by atoms with Gasteiger partial charge in [-0.05, 0) is 24.5 Å². The lowest BCUT2D eigenvalue weighted by molar-refractivity contribution is 0.0602. The monoisotopic (exact) mass is 234 g/mol. The van der Waals surface area contributed by atoms with E-state index in [4.69, 9.17) is 10.5 Å². The third-order valence-electron chi connectivity index (χ3n) is 3.28. The summed E-state index contributed by atoms with van der Waals surface area (Å²) in [5.74, 6) is 0.341. The molecule has 0 bridgehead atoms. The van der Waals surface area contributed by atoms with Gasteiger partial charge >= 0.3 is 5.97 Å². The van der Waals surface area contributed by atoms with Gasteiger partial charge in [0.05, 0.1) is 24.0 Å². The lowest BCUT2D eigenvalue weighted by atomic mass is 10.1. The molecule has 0 saturated heterocycles. The topological polar surface area (TPSA) is 64.3 Å². The smallest absolute Gasteiger partial charge is 0.340 e. The summed E-state index contributed by atoms with van der Waals surface area (Å²) >= 11 is 0. The number of benzene rings is 1. The van der Waals surface area contributed by atoms with E-state index < -0.39 is 0 Å². The number of hydrogen-bond acceptors (Lipinski definition) is 4. The number of carbonyl (C=O) groups excluding carboxylic acids is 1. The molecule has 92 valence electrons. The van der Waals surface area contributed by atoms with E-state index in [1.165, 1.54) is 7.11 Å². The molecule has 2 unspecified atom stereocenters. The Morgan fingerprint density at radius 1 is 1.59 bits per heavy atom. The predicted octanol–water partition coefficient (Wildman–Crippen LogP) is 2.27. The standard InChI is InChI=1S/C13H18N2O2/c1-3-8-7-11(8)15-12-9(13(16)17-2)5-4-6-10(12)14/h4-6,8,11,15H,3,7,14H2,1-2H3. The number of anilines is 2. The second-order valence-electron chi connectivity index (χ2n) is 4.42. The molecule has 0 spiro atoms. The van der Waals surface area contributed by atoms with Crippen LogP contribution in [0.2, 0.25) is 0 Å². The van der Waals surface area contributed by atoms with Crippen LogP contribution in [0.5, 0.6) is 0 Å². The van der Waals surface area contributed by atoms with Crippen molar-refractivity contribution in [2.75, 3.05) is 18.2 Å². The van der Waals surface area contributed by atoms with E-state index in [1.54, 1.807) is 18.2 Å². The second-order valence-corrected chi connectivity index (χ2v) is 4.42. The molecule has 0 aromatic heterocycles. The summed E-state index contributed by atoms with van der Waals surface area (Å²) in [6.45, 7) is 2.17. The molecule has 1 saturated carbocycles. The molecule has 17 heavy (non-hydrogen) atoms. The summed E-state index contributed by atoms with van der Waals surface area (Å²) in [4.78, 5) is 11.6. The van der Waals surface area contributed by atoms with Gasteiger partial charge in [0.2, 0.25) is 0 Å². The first-order valence-electron chi connectivity index (χ1n) is 5.90. The molecule has 3 N–H and O–H groups in total. The van der Waals surface area contributed by atoms with E-state index in [2.05, 4.69) is 12.2 Å². The highest BCUT2D eigenvalue weighted by molar-refractivity contribution is 5.98. The maximum absolute atomic E-state index is 11.6. The van der Waals surface area contributed by atoms with Crippen molar-refractivity contribution in [2.24, 2.45) is 5.92 Å². The highest BCUT2D eigenvalue weighted by Gasteiger charge is 2.36. The highest BCUT2D eigenvalue weighted by Crippen LogP contribution is 2.38. The number of rotatable bonds is 4. The zero-order valence-electron chi connectivity index (χ0n) is 10.2. The van der Waals surface area contributed by atoms with Crippen LogP contribution < -0.4 is 11.1 Å². The van der Waals surface area contributed by atoms with Crippen molar-refractivity contribution < 1.29 is 9.53 Å². The maximum atomic E-state index is 11.6. The summed E-state index contributed by atoms with van der Waals surface area (Å²) in [7, 11) is 1.38. The molecule has 0 radical (unpaired) electrons.